The zero-order valence-corrected chi connectivity index (χ0v) is 13.0. The number of aryl methyl sites for hydroxylation is 1. The lowest BCUT2D eigenvalue weighted by Gasteiger charge is -2.23. The maximum Gasteiger partial charge on any atom is 0.124 e. The van der Waals surface area contributed by atoms with E-state index < -0.39 is 17.8 Å². The molecule has 2 aromatic carbocycles. The summed E-state index contributed by atoms with van der Waals surface area (Å²) in [4.78, 5) is 0. The van der Waals surface area contributed by atoms with E-state index in [1.807, 2.05) is 13.0 Å². The van der Waals surface area contributed by atoms with E-state index in [0.29, 0.717) is 16.1 Å². The van der Waals surface area contributed by atoms with Gasteiger partial charge in [0.25, 0.3) is 0 Å². The molecule has 0 aromatic heterocycles. The van der Waals surface area contributed by atoms with E-state index in [4.69, 9.17) is 28.9 Å². The molecule has 0 saturated heterocycles. The van der Waals surface area contributed by atoms with Gasteiger partial charge in [0.05, 0.1) is 6.10 Å². The van der Waals surface area contributed by atoms with Crippen LogP contribution >= 0.6 is 23.2 Å². The molecule has 0 saturated carbocycles. The quantitative estimate of drug-likeness (QED) is 0.883. The largest absolute Gasteiger partial charge is 0.388 e. The summed E-state index contributed by atoms with van der Waals surface area (Å²) in [5, 5.41) is 11.4. The first kappa shape index (κ1) is 16.2. The molecule has 0 aliphatic carbocycles. The average molecular weight is 328 g/mol. The lowest BCUT2D eigenvalue weighted by Crippen LogP contribution is -2.20. The molecule has 112 valence electrons. The van der Waals surface area contributed by atoms with Crippen LogP contribution in [0.1, 0.15) is 28.7 Å². The standard InChI is InChI=1S/C16H16Cl2FNO/c1-9-2-3-10(6-14(9)17)16(21)13(8-20)12-5-4-11(19)7-15(12)18/h2-7,13,16,21H,8,20H2,1H3. The summed E-state index contributed by atoms with van der Waals surface area (Å²) in [5.41, 5.74) is 7.97. The van der Waals surface area contributed by atoms with Crippen molar-refractivity contribution in [3.63, 3.8) is 0 Å². The number of nitrogens with two attached hydrogens (primary N) is 1. The molecule has 2 aromatic rings. The fourth-order valence-electron chi connectivity index (χ4n) is 2.25. The minimum absolute atomic E-state index is 0.179. The Morgan fingerprint density at radius 1 is 1.14 bits per heavy atom. The molecule has 0 amide bonds. The summed E-state index contributed by atoms with van der Waals surface area (Å²) >= 11 is 12.1. The van der Waals surface area contributed by atoms with Gasteiger partial charge < -0.3 is 10.8 Å². The summed E-state index contributed by atoms with van der Waals surface area (Å²) < 4.78 is 13.1. The van der Waals surface area contributed by atoms with Crippen molar-refractivity contribution in [1.82, 2.24) is 0 Å². The summed E-state index contributed by atoms with van der Waals surface area (Å²) in [7, 11) is 0. The van der Waals surface area contributed by atoms with Gasteiger partial charge in [-0.05, 0) is 41.8 Å². The van der Waals surface area contributed by atoms with Gasteiger partial charge in [-0.3, -0.25) is 0 Å². The molecule has 0 bridgehead atoms. The maximum absolute atomic E-state index is 13.1. The van der Waals surface area contributed by atoms with E-state index in [-0.39, 0.29) is 11.6 Å². The summed E-state index contributed by atoms with van der Waals surface area (Å²) in [5.74, 6) is -0.857. The minimum atomic E-state index is -0.865. The monoisotopic (exact) mass is 327 g/mol. The smallest absolute Gasteiger partial charge is 0.124 e. The van der Waals surface area contributed by atoms with Gasteiger partial charge in [-0.15, -0.1) is 0 Å². The number of aliphatic hydroxyl groups is 1. The van der Waals surface area contributed by atoms with Crippen LogP contribution in [-0.2, 0) is 0 Å². The zero-order chi connectivity index (χ0) is 15.6. The molecule has 0 heterocycles. The van der Waals surface area contributed by atoms with Crippen LogP contribution in [0.4, 0.5) is 4.39 Å². The first-order valence-electron chi connectivity index (χ1n) is 6.53. The number of hydrogen-bond donors (Lipinski definition) is 2. The number of aliphatic hydroxyl groups excluding tert-OH is 1. The van der Waals surface area contributed by atoms with Crippen LogP contribution in [-0.4, -0.2) is 11.7 Å². The SMILES string of the molecule is Cc1ccc(C(O)C(CN)c2ccc(F)cc2Cl)cc1Cl. The first-order valence-corrected chi connectivity index (χ1v) is 7.28. The Morgan fingerprint density at radius 2 is 1.86 bits per heavy atom. The number of benzene rings is 2. The van der Waals surface area contributed by atoms with Crippen LogP contribution in [0.5, 0.6) is 0 Å². The van der Waals surface area contributed by atoms with E-state index in [9.17, 15) is 9.50 Å². The second kappa shape index (κ2) is 6.75. The van der Waals surface area contributed by atoms with Crippen LogP contribution in [0.25, 0.3) is 0 Å². The summed E-state index contributed by atoms with van der Waals surface area (Å²) in [6.45, 7) is 2.06. The normalized spacial score (nSPS) is 14.0. The predicted octanol–water partition coefficient (Wildman–Crippen LogP) is 4.22. The Morgan fingerprint density at radius 3 is 2.43 bits per heavy atom. The van der Waals surface area contributed by atoms with Gasteiger partial charge in [0.15, 0.2) is 0 Å². The van der Waals surface area contributed by atoms with Crippen molar-refractivity contribution >= 4 is 23.2 Å². The van der Waals surface area contributed by atoms with Gasteiger partial charge in [-0.25, -0.2) is 4.39 Å². The van der Waals surface area contributed by atoms with Crippen molar-refractivity contribution in [2.45, 2.75) is 18.9 Å². The van der Waals surface area contributed by atoms with Crippen LogP contribution < -0.4 is 5.73 Å². The third kappa shape index (κ3) is 3.55. The number of halogens is 3. The van der Waals surface area contributed by atoms with Gasteiger partial charge in [0.1, 0.15) is 5.82 Å². The van der Waals surface area contributed by atoms with Gasteiger partial charge >= 0.3 is 0 Å². The van der Waals surface area contributed by atoms with Crippen molar-refractivity contribution in [1.29, 1.82) is 0 Å². The predicted molar refractivity (Wildman–Crippen MR) is 84.4 cm³/mol. The summed E-state index contributed by atoms with van der Waals surface area (Å²) in [6.07, 6.45) is -0.865. The van der Waals surface area contributed by atoms with E-state index in [1.54, 1.807) is 18.2 Å². The molecule has 2 nitrogen and oxygen atoms in total. The van der Waals surface area contributed by atoms with Crippen molar-refractivity contribution in [3.8, 4) is 0 Å². The van der Waals surface area contributed by atoms with Gasteiger partial charge in [0.2, 0.25) is 0 Å². The zero-order valence-electron chi connectivity index (χ0n) is 11.5. The van der Waals surface area contributed by atoms with E-state index in [2.05, 4.69) is 0 Å². The van der Waals surface area contributed by atoms with Crippen LogP contribution in [0.3, 0.4) is 0 Å². The van der Waals surface area contributed by atoms with E-state index in [0.717, 1.165) is 5.56 Å². The minimum Gasteiger partial charge on any atom is -0.388 e. The maximum atomic E-state index is 13.1. The molecular formula is C16H16Cl2FNO. The van der Waals surface area contributed by atoms with E-state index >= 15 is 0 Å². The molecule has 0 fully saturated rings. The van der Waals surface area contributed by atoms with E-state index in [1.165, 1.54) is 12.1 Å². The molecule has 2 atom stereocenters. The first-order chi connectivity index (χ1) is 9.93. The fourth-order valence-corrected chi connectivity index (χ4v) is 2.75. The Hall–Kier alpha value is -1.13. The Labute approximate surface area is 133 Å². The van der Waals surface area contributed by atoms with Gasteiger partial charge in [-0.2, -0.15) is 0 Å². The highest BCUT2D eigenvalue weighted by Gasteiger charge is 2.24. The van der Waals surface area contributed by atoms with Crippen molar-refractivity contribution in [2.24, 2.45) is 5.73 Å². The highest BCUT2D eigenvalue weighted by molar-refractivity contribution is 6.31. The second-order valence-corrected chi connectivity index (χ2v) is 5.78. The van der Waals surface area contributed by atoms with Crippen molar-refractivity contribution in [2.75, 3.05) is 6.54 Å². The number of rotatable bonds is 4. The van der Waals surface area contributed by atoms with Crippen molar-refractivity contribution in [3.05, 3.63) is 69.0 Å². The molecule has 5 heteroatoms. The molecule has 0 spiro atoms. The molecule has 3 N–H and O–H groups in total. The molecule has 0 aliphatic rings. The lowest BCUT2D eigenvalue weighted by molar-refractivity contribution is 0.147. The highest BCUT2D eigenvalue weighted by atomic mass is 35.5. The topological polar surface area (TPSA) is 46.2 Å². The Bertz CT molecular complexity index is 648. The third-order valence-corrected chi connectivity index (χ3v) is 4.27. The van der Waals surface area contributed by atoms with Crippen LogP contribution in [0.15, 0.2) is 36.4 Å². The average Bonchev–Trinajstić information content (AvgIpc) is 2.44. The van der Waals surface area contributed by atoms with Gasteiger partial charge in [0, 0.05) is 22.5 Å². The molecule has 2 unspecified atom stereocenters. The molecular weight excluding hydrogens is 312 g/mol. The highest BCUT2D eigenvalue weighted by Crippen LogP contribution is 2.35. The molecule has 0 radical (unpaired) electrons. The Balaban J connectivity index is 2.37. The molecule has 2 rings (SSSR count). The lowest BCUT2D eigenvalue weighted by atomic mass is 9.89. The molecule has 0 aliphatic heterocycles. The van der Waals surface area contributed by atoms with Gasteiger partial charge in [-0.1, -0.05) is 41.4 Å². The number of hydrogen-bond acceptors (Lipinski definition) is 2. The third-order valence-electron chi connectivity index (χ3n) is 3.53. The van der Waals surface area contributed by atoms with Crippen molar-refractivity contribution < 1.29 is 9.50 Å². The Kier molecular flexibility index (Phi) is 5.22. The molecule has 21 heavy (non-hydrogen) atoms. The second-order valence-electron chi connectivity index (χ2n) is 4.96. The summed E-state index contributed by atoms with van der Waals surface area (Å²) in [6, 6.07) is 9.41. The van der Waals surface area contributed by atoms with Crippen LogP contribution in [0.2, 0.25) is 10.0 Å². The fraction of sp³-hybridized carbons (Fsp3) is 0.250. The van der Waals surface area contributed by atoms with Crippen LogP contribution in [0, 0.1) is 12.7 Å².